The van der Waals surface area contributed by atoms with Gasteiger partial charge in [-0.1, -0.05) is 66.7 Å². The van der Waals surface area contributed by atoms with Crippen LogP contribution in [0.4, 0.5) is 0 Å². The third-order valence-corrected chi connectivity index (χ3v) is 3.54. The fourth-order valence-electron chi connectivity index (χ4n) is 2.30. The van der Waals surface area contributed by atoms with Crippen LogP contribution in [0.15, 0.2) is 18.2 Å². The van der Waals surface area contributed by atoms with Crippen LogP contribution in [0.25, 0.3) is 0 Å². The predicted molar refractivity (Wildman–Crippen MR) is 86.2 cm³/mol. The summed E-state index contributed by atoms with van der Waals surface area (Å²) < 4.78 is 5.94. The molecule has 1 unspecified atom stereocenters. The van der Waals surface area contributed by atoms with Gasteiger partial charge in [0, 0.05) is 0 Å². The predicted octanol–water partition coefficient (Wildman–Crippen LogP) is 4.52. The van der Waals surface area contributed by atoms with Crippen LogP contribution in [0, 0.1) is 0 Å². The molecular weight excluding hydrogens is 264 g/mol. The average Bonchev–Trinajstić information content (AvgIpc) is 2.32. The minimum atomic E-state index is -0.916. The van der Waals surface area contributed by atoms with Crippen molar-refractivity contribution in [3.05, 3.63) is 29.3 Å². The summed E-state index contributed by atoms with van der Waals surface area (Å²) in [5, 5.41) is 9.30. The molecule has 0 heterocycles. The average molecular weight is 292 g/mol. The number of carboxylic acids is 1. The molecule has 0 fully saturated rings. The van der Waals surface area contributed by atoms with E-state index in [0.717, 1.165) is 16.9 Å². The molecule has 118 valence electrons. The first-order valence-corrected chi connectivity index (χ1v) is 7.52. The first-order chi connectivity index (χ1) is 9.48. The molecule has 0 aliphatic rings. The highest BCUT2D eigenvalue weighted by atomic mass is 16.5. The molecule has 1 aromatic rings. The number of hydrogen-bond donors (Lipinski definition) is 1. The number of rotatable bonds is 4. The molecule has 0 spiro atoms. The van der Waals surface area contributed by atoms with Crippen molar-refractivity contribution in [1.29, 1.82) is 0 Å². The lowest BCUT2D eigenvalue weighted by molar-refractivity contribution is -0.145. The van der Waals surface area contributed by atoms with E-state index in [4.69, 9.17) is 4.74 Å². The summed E-state index contributed by atoms with van der Waals surface area (Å²) in [6.45, 7) is 14.5. The van der Waals surface area contributed by atoms with Gasteiger partial charge in [-0.15, -0.1) is 0 Å². The van der Waals surface area contributed by atoms with E-state index < -0.39 is 12.1 Å². The summed E-state index contributed by atoms with van der Waals surface area (Å²) in [6.07, 6.45) is -0.369. The topological polar surface area (TPSA) is 46.5 Å². The zero-order chi connectivity index (χ0) is 16.4. The van der Waals surface area contributed by atoms with Gasteiger partial charge >= 0.3 is 5.97 Å². The second kappa shape index (κ2) is 6.08. The highest BCUT2D eigenvalue weighted by Crippen LogP contribution is 2.40. The number of hydrogen-bond acceptors (Lipinski definition) is 2. The molecule has 21 heavy (non-hydrogen) atoms. The van der Waals surface area contributed by atoms with Crippen molar-refractivity contribution in [2.45, 2.75) is 71.8 Å². The van der Waals surface area contributed by atoms with Crippen molar-refractivity contribution in [1.82, 2.24) is 0 Å². The van der Waals surface area contributed by atoms with Crippen molar-refractivity contribution < 1.29 is 14.6 Å². The summed E-state index contributed by atoms with van der Waals surface area (Å²) in [4.78, 5) is 11.3. The normalized spacial score (nSPS) is 13.9. The smallest absolute Gasteiger partial charge is 0.344 e. The van der Waals surface area contributed by atoms with Gasteiger partial charge < -0.3 is 9.84 Å². The largest absolute Gasteiger partial charge is 0.479 e. The molecule has 0 saturated heterocycles. The van der Waals surface area contributed by atoms with Crippen LogP contribution in [0.2, 0.25) is 0 Å². The molecule has 0 aliphatic heterocycles. The Morgan fingerprint density at radius 3 is 1.81 bits per heavy atom. The molecule has 1 aromatic carbocycles. The summed E-state index contributed by atoms with van der Waals surface area (Å²) in [7, 11) is 0. The number of benzene rings is 1. The maximum absolute atomic E-state index is 11.3. The molecule has 0 radical (unpaired) electrons. The van der Waals surface area contributed by atoms with E-state index >= 15 is 0 Å². The molecule has 1 rings (SSSR count). The van der Waals surface area contributed by atoms with E-state index in [-0.39, 0.29) is 10.8 Å². The molecule has 1 atom stereocenters. The first-order valence-electron chi connectivity index (χ1n) is 7.52. The van der Waals surface area contributed by atoms with Crippen LogP contribution < -0.4 is 4.74 Å². The quantitative estimate of drug-likeness (QED) is 0.887. The second-order valence-electron chi connectivity index (χ2n) is 7.54. The van der Waals surface area contributed by atoms with E-state index in [1.165, 1.54) is 0 Å². The van der Waals surface area contributed by atoms with Crippen LogP contribution in [0.1, 0.15) is 66.0 Å². The number of aliphatic carboxylic acids is 1. The van der Waals surface area contributed by atoms with Crippen LogP contribution >= 0.6 is 0 Å². The monoisotopic (exact) mass is 292 g/mol. The zero-order valence-electron chi connectivity index (χ0n) is 14.3. The van der Waals surface area contributed by atoms with Gasteiger partial charge in [-0.05, 0) is 28.4 Å². The first kappa shape index (κ1) is 17.5. The molecule has 0 saturated carbocycles. The van der Waals surface area contributed by atoms with Crippen molar-refractivity contribution in [2.24, 2.45) is 0 Å². The van der Waals surface area contributed by atoms with E-state index in [2.05, 4.69) is 41.5 Å². The number of carboxylic acid groups (broad SMARTS) is 1. The second-order valence-corrected chi connectivity index (χ2v) is 7.54. The zero-order valence-corrected chi connectivity index (χ0v) is 14.3. The molecule has 0 amide bonds. The molecule has 0 bridgehead atoms. The summed E-state index contributed by atoms with van der Waals surface area (Å²) >= 11 is 0. The van der Waals surface area contributed by atoms with Gasteiger partial charge in [0.2, 0.25) is 0 Å². The van der Waals surface area contributed by atoms with Gasteiger partial charge in [0.05, 0.1) is 0 Å². The number of para-hydroxylation sites is 1. The minimum absolute atomic E-state index is 0.104. The lowest BCUT2D eigenvalue weighted by Gasteiger charge is -2.30. The van der Waals surface area contributed by atoms with Crippen LogP contribution in [0.3, 0.4) is 0 Å². The third kappa shape index (κ3) is 4.23. The fraction of sp³-hybridized carbons (Fsp3) is 0.611. The Kier molecular flexibility index (Phi) is 5.08. The molecule has 0 aromatic heterocycles. The van der Waals surface area contributed by atoms with Crippen molar-refractivity contribution in [3.63, 3.8) is 0 Å². The Morgan fingerprint density at radius 1 is 1.10 bits per heavy atom. The lowest BCUT2D eigenvalue weighted by atomic mass is 9.79. The van der Waals surface area contributed by atoms with Gasteiger partial charge in [-0.3, -0.25) is 0 Å². The SMILES string of the molecule is CCC(Oc1c(C(C)(C)C)cccc1C(C)(C)C)C(=O)O. The van der Waals surface area contributed by atoms with Crippen molar-refractivity contribution in [2.75, 3.05) is 0 Å². The summed E-state index contributed by atoms with van der Waals surface area (Å²) in [6, 6.07) is 6.08. The molecule has 3 heteroatoms. The Balaban J connectivity index is 3.46. The van der Waals surface area contributed by atoms with Gasteiger partial charge in [-0.25, -0.2) is 4.79 Å². The Morgan fingerprint density at radius 2 is 1.52 bits per heavy atom. The third-order valence-electron chi connectivity index (χ3n) is 3.54. The fourth-order valence-corrected chi connectivity index (χ4v) is 2.30. The van der Waals surface area contributed by atoms with Crippen molar-refractivity contribution >= 4 is 5.97 Å². The number of carbonyl (C=O) groups is 1. The van der Waals surface area contributed by atoms with Gasteiger partial charge in [0.25, 0.3) is 0 Å². The maximum atomic E-state index is 11.3. The molecule has 1 N–H and O–H groups in total. The highest BCUT2D eigenvalue weighted by molar-refractivity contribution is 5.73. The highest BCUT2D eigenvalue weighted by Gasteiger charge is 2.29. The molecular formula is C18H28O3. The Labute approximate surface area is 128 Å². The Bertz CT molecular complexity index is 472. The minimum Gasteiger partial charge on any atom is -0.479 e. The van der Waals surface area contributed by atoms with Gasteiger partial charge in [-0.2, -0.15) is 0 Å². The van der Waals surface area contributed by atoms with E-state index in [1.807, 2.05) is 25.1 Å². The van der Waals surface area contributed by atoms with E-state index in [9.17, 15) is 9.90 Å². The molecule has 3 nitrogen and oxygen atoms in total. The summed E-state index contributed by atoms with van der Waals surface area (Å²) in [5.41, 5.74) is 1.89. The Hall–Kier alpha value is -1.51. The maximum Gasteiger partial charge on any atom is 0.344 e. The lowest BCUT2D eigenvalue weighted by Crippen LogP contribution is -2.29. The van der Waals surface area contributed by atoms with Crippen LogP contribution in [-0.2, 0) is 15.6 Å². The molecule has 0 aliphatic carbocycles. The van der Waals surface area contributed by atoms with Gasteiger partial charge in [0.15, 0.2) is 6.10 Å². The summed E-state index contributed by atoms with van der Waals surface area (Å²) in [5.74, 6) is -0.187. The van der Waals surface area contributed by atoms with E-state index in [1.54, 1.807) is 0 Å². The van der Waals surface area contributed by atoms with E-state index in [0.29, 0.717) is 6.42 Å². The van der Waals surface area contributed by atoms with Crippen LogP contribution in [0.5, 0.6) is 5.75 Å². The standard InChI is InChI=1S/C18H28O3/c1-8-14(16(19)20)21-15-12(17(2,3)4)10-9-11-13(15)18(5,6)7/h9-11,14H,8H2,1-7H3,(H,19,20). The van der Waals surface area contributed by atoms with Crippen LogP contribution in [-0.4, -0.2) is 17.2 Å². The number of ether oxygens (including phenoxy) is 1. The van der Waals surface area contributed by atoms with Crippen molar-refractivity contribution in [3.8, 4) is 5.75 Å². The van der Waals surface area contributed by atoms with Gasteiger partial charge in [0.1, 0.15) is 5.75 Å².